The van der Waals surface area contributed by atoms with E-state index in [2.05, 4.69) is 9.82 Å². The van der Waals surface area contributed by atoms with E-state index >= 15 is 0 Å². The molecule has 1 aromatic heterocycles. The van der Waals surface area contributed by atoms with Gasteiger partial charge >= 0.3 is 11.9 Å². The zero-order valence-electron chi connectivity index (χ0n) is 11.5. The molecule has 9 heteroatoms. The van der Waals surface area contributed by atoms with Gasteiger partial charge in [-0.3, -0.25) is 4.98 Å². The van der Waals surface area contributed by atoms with Gasteiger partial charge in [0.1, 0.15) is 13.2 Å². The van der Waals surface area contributed by atoms with Crippen molar-refractivity contribution in [3.63, 3.8) is 0 Å². The van der Waals surface area contributed by atoms with Crippen LogP contribution in [0.4, 0.5) is 0 Å². The normalized spacial score (nSPS) is 10.0. The molecule has 0 spiro atoms. The molecule has 1 heterocycles. The number of hydrogen-bond donors (Lipinski definition) is 0. The maximum atomic E-state index is 11.7. The van der Waals surface area contributed by atoms with Gasteiger partial charge in [-0.2, -0.15) is 0 Å². The van der Waals surface area contributed by atoms with Crippen LogP contribution in [0.1, 0.15) is 34.6 Å². The zero-order chi connectivity index (χ0) is 15.8. The van der Waals surface area contributed by atoms with Crippen LogP contribution in [0.25, 0.3) is 0 Å². The van der Waals surface area contributed by atoms with Crippen LogP contribution in [0.15, 0.2) is 18.5 Å². The number of carbonyl (C=O) groups excluding carboxylic acids is 2. The van der Waals surface area contributed by atoms with E-state index in [-0.39, 0.29) is 30.4 Å². The number of ether oxygens (including phenoxy) is 2. The summed E-state index contributed by atoms with van der Waals surface area (Å²) in [6.45, 7) is 2.72. The molecule has 0 aliphatic heterocycles. The second-order valence-electron chi connectivity index (χ2n) is 4.11. The van der Waals surface area contributed by atoms with Crippen molar-refractivity contribution in [3.05, 3.63) is 39.7 Å². The summed E-state index contributed by atoms with van der Waals surface area (Å²) in [7, 11) is 0. The molecule has 0 N–H and O–H groups in total. The molecule has 114 valence electrons. The van der Waals surface area contributed by atoms with E-state index in [4.69, 9.17) is 9.47 Å². The standard InChI is InChI=1S/C12H14N2O7/c1-8(2)21-12(16)10-5-9(6-13-7-10)11(15)19-3-4-20-14(17)18/h5-8H,3-4H2,1-2H3. The highest BCUT2D eigenvalue weighted by Crippen LogP contribution is 2.07. The Balaban J connectivity index is 2.60. The number of pyridine rings is 1. The van der Waals surface area contributed by atoms with Gasteiger partial charge in [0.15, 0.2) is 0 Å². The average molecular weight is 298 g/mol. The first-order valence-electron chi connectivity index (χ1n) is 6.00. The van der Waals surface area contributed by atoms with Crippen LogP contribution in [-0.4, -0.2) is 41.3 Å². The summed E-state index contributed by atoms with van der Waals surface area (Å²) in [6, 6.07) is 1.27. The van der Waals surface area contributed by atoms with Crippen molar-refractivity contribution in [1.82, 2.24) is 4.98 Å². The highest BCUT2D eigenvalue weighted by molar-refractivity contribution is 5.94. The number of esters is 2. The fourth-order valence-electron chi connectivity index (χ4n) is 1.27. The van der Waals surface area contributed by atoms with Crippen molar-refractivity contribution in [3.8, 4) is 0 Å². The maximum Gasteiger partial charge on any atom is 0.339 e. The van der Waals surface area contributed by atoms with Crippen molar-refractivity contribution in [2.24, 2.45) is 0 Å². The van der Waals surface area contributed by atoms with Crippen LogP contribution in [0.5, 0.6) is 0 Å². The lowest BCUT2D eigenvalue weighted by molar-refractivity contribution is -0.757. The van der Waals surface area contributed by atoms with Gasteiger partial charge in [0.05, 0.1) is 17.2 Å². The Hall–Kier alpha value is -2.71. The summed E-state index contributed by atoms with van der Waals surface area (Å²) >= 11 is 0. The Morgan fingerprint density at radius 3 is 2.43 bits per heavy atom. The second kappa shape index (κ2) is 7.78. The van der Waals surface area contributed by atoms with Crippen molar-refractivity contribution in [1.29, 1.82) is 0 Å². The van der Waals surface area contributed by atoms with Crippen LogP contribution in [-0.2, 0) is 14.3 Å². The number of aromatic nitrogens is 1. The number of carbonyl (C=O) groups is 2. The molecule has 0 aromatic carbocycles. The quantitative estimate of drug-likeness (QED) is 0.317. The summed E-state index contributed by atoms with van der Waals surface area (Å²) in [5.41, 5.74) is 0.147. The Labute approximate surface area is 119 Å². The molecular weight excluding hydrogens is 284 g/mol. The Bertz CT molecular complexity index is 530. The molecule has 0 radical (unpaired) electrons. The predicted molar refractivity (Wildman–Crippen MR) is 68.0 cm³/mol. The average Bonchev–Trinajstić information content (AvgIpc) is 2.42. The van der Waals surface area contributed by atoms with Crippen molar-refractivity contribution >= 4 is 11.9 Å². The van der Waals surface area contributed by atoms with Crippen LogP contribution in [0.2, 0.25) is 0 Å². The highest BCUT2D eigenvalue weighted by atomic mass is 17.0. The van der Waals surface area contributed by atoms with Crippen molar-refractivity contribution < 1.29 is 29.0 Å². The van der Waals surface area contributed by atoms with Gasteiger partial charge in [-0.25, -0.2) is 9.59 Å². The summed E-state index contributed by atoms with van der Waals surface area (Å²) in [5, 5.41) is 8.91. The smallest absolute Gasteiger partial charge is 0.339 e. The highest BCUT2D eigenvalue weighted by Gasteiger charge is 2.14. The van der Waals surface area contributed by atoms with Gasteiger partial charge in [-0.05, 0) is 19.9 Å². The Morgan fingerprint density at radius 2 is 1.86 bits per heavy atom. The molecular formula is C12H14N2O7. The molecule has 0 aliphatic carbocycles. The summed E-state index contributed by atoms with van der Waals surface area (Å²) < 4.78 is 9.70. The van der Waals surface area contributed by atoms with E-state index in [1.54, 1.807) is 13.8 Å². The van der Waals surface area contributed by atoms with Gasteiger partial charge in [0.2, 0.25) is 0 Å². The third kappa shape index (κ3) is 5.85. The monoisotopic (exact) mass is 298 g/mol. The van der Waals surface area contributed by atoms with Gasteiger partial charge in [-0.15, -0.1) is 10.1 Å². The van der Waals surface area contributed by atoms with Gasteiger partial charge in [0.25, 0.3) is 5.09 Å². The van der Waals surface area contributed by atoms with Gasteiger partial charge < -0.3 is 14.3 Å². The predicted octanol–water partition coefficient (Wildman–Crippen LogP) is 1.01. The molecule has 21 heavy (non-hydrogen) atoms. The minimum Gasteiger partial charge on any atom is -0.460 e. The number of nitrogens with zero attached hydrogens (tertiary/aromatic N) is 2. The Morgan fingerprint density at radius 1 is 1.24 bits per heavy atom. The van der Waals surface area contributed by atoms with Crippen molar-refractivity contribution in [2.75, 3.05) is 13.2 Å². The fourth-order valence-corrected chi connectivity index (χ4v) is 1.27. The minimum absolute atomic E-state index is 0.0364. The lowest BCUT2D eigenvalue weighted by atomic mass is 10.2. The van der Waals surface area contributed by atoms with Crippen LogP contribution >= 0.6 is 0 Å². The first kappa shape index (κ1) is 16.3. The van der Waals surface area contributed by atoms with E-state index in [1.165, 1.54) is 18.5 Å². The Kier molecular flexibility index (Phi) is 6.05. The van der Waals surface area contributed by atoms with E-state index in [9.17, 15) is 19.7 Å². The lowest BCUT2D eigenvalue weighted by Crippen LogP contribution is -2.15. The first-order valence-corrected chi connectivity index (χ1v) is 6.00. The fraction of sp³-hybridized carbons (Fsp3) is 0.417. The zero-order valence-corrected chi connectivity index (χ0v) is 11.5. The SMILES string of the molecule is CC(C)OC(=O)c1cncc(C(=O)OCCO[N+](=O)[O-])c1. The molecule has 0 unspecified atom stereocenters. The molecule has 0 fully saturated rings. The molecule has 0 atom stereocenters. The summed E-state index contributed by atoms with van der Waals surface area (Å²) in [4.78, 5) is 40.9. The van der Waals surface area contributed by atoms with Crippen LogP contribution in [0.3, 0.4) is 0 Å². The van der Waals surface area contributed by atoms with E-state index in [1.807, 2.05) is 0 Å². The van der Waals surface area contributed by atoms with Gasteiger partial charge in [0, 0.05) is 12.4 Å². The lowest BCUT2D eigenvalue weighted by Gasteiger charge is -2.08. The van der Waals surface area contributed by atoms with E-state index < -0.39 is 17.0 Å². The number of hydrogen-bond acceptors (Lipinski definition) is 8. The maximum absolute atomic E-state index is 11.7. The first-order chi connectivity index (χ1) is 9.90. The summed E-state index contributed by atoms with van der Waals surface area (Å²) in [6.07, 6.45) is 2.17. The topological polar surface area (TPSA) is 118 Å². The molecule has 0 amide bonds. The van der Waals surface area contributed by atoms with Crippen LogP contribution in [0, 0.1) is 10.1 Å². The molecule has 0 saturated carbocycles. The van der Waals surface area contributed by atoms with Crippen molar-refractivity contribution in [2.45, 2.75) is 20.0 Å². The summed E-state index contributed by atoms with van der Waals surface area (Å²) in [5.74, 6) is -1.38. The molecule has 1 rings (SSSR count). The molecule has 1 aromatic rings. The van der Waals surface area contributed by atoms with E-state index in [0.29, 0.717) is 0 Å². The largest absolute Gasteiger partial charge is 0.460 e. The van der Waals surface area contributed by atoms with E-state index in [0.717, 1.165) is 0 Å². The number of rotatable bonds is 7. The molecule has 0 aliphatic rings. The molecule has 0 bridgehead atoms. The van der Waals surface area contributed by atoms with Crippen LogP contribution < -0.4 is 0 Å². The minimum atomic E-state index is -0.988. The third-order valence-electron chi connectivity index (χ3n) is 2.07. The van der Waals surface area contributed by atoms with Gasteiger partial charge in [-0.1, -0.05) is 0 Å². The molecule has 0 saturated heterocycles. The molecule has 9 nitrogen and oxygen atoms in total. The second-order valence-corrected chi connectivity index (χ2v) is 4.11. The third-order valence-corrected chi connectivity index (χ3v) is 2.07.